The van der Waals surface area contributed by atoms with E-state index in [1.165, 1.54) is 22.6 Å². The number of nitrogens with zero attached hydrogens (tertiary/aromatic N) is 1. The molecule has 5 rings (SSSR count). The molecule has 3 aromatic rings. The van der Waals surface area contributed by atoms with E-state index in [2.05, 4.69) is 17.4 Å². The van der Waals surface area contributed by atoms with Crippen LogP contribution in [0.2, 0.25) is 5.02 Å². The molecule has 2 fully saturated rings. The first-order chi connectivity index (χ1) is 17.9. The van der Waals surface area contributed by atoms with Gasteiger partial charge in [-0.3, -0.25) is 19.3 Å². The van der Waals surface area contributed by atoms with E-state index in [1.807, 2.05) is 18.2 Å². The van der Waals surface area contributed by atoms with Crippen molar-refractivity contribution in [1.29, 1.82) is 0 Å². The van der Waals surface area contributed by atoms with Crippen LogP contribution in [0.15, 0.2) is 78.9 Å². The van der Waals surface area contributed by atoms with Crippen LogP contribution in [0.3, 0.4) is 0 Å². The van der Waals surface area contributed by atoms with E-state index >= 15 is 0 Å². The minimum atomic E-state index is -0.689. The summed E-state index contributed by atoms with van der Waals surface area (Å²) in [5, 5.41) is 3.07. The number of ether oxygens (including phenoxy) is 1. The Hall–Kier alpha value is -3.97. The number of hydrogen-bond acceptors (Lipinski definition) is 5. The minimum absolute atomic E-state index is 0.186. The Morgan fingerprint density at radius 1 is 0.892 bits per heavy atom. The number of carbonyl (C=O) groups is 4. The zero-order valence-electron chi connectivity index (χ0n) is 19.9. The van der Waals surface area contributed by atoms with Crippen molar-refractivity contribution >= 4 is 46.7 Å². The van der Waals surface area contributed by atoms with Gasteiger partial charge in [-0.1, -0.05) is 48.0 Å². The van der Waals surface area contributed by atoms with Crippen molar-refractivity contribution in [3.63, 3.8) is 0 Å². The lowest BCUT2D eigenvalue weighted by atomic mass is 9.73. The second-order valence-corrected chi connectivity index (χ2v) is 9.76. The largest absolute Gasteiger partial charge is 0.452 e. The van der Waals surface area contributed by atoms with Gasteiger partial charge in [0.1, 0.15) is 0 Å². The fourth-order valence-electron chi connectivity index (χ4n) is 5.19. The number of fused-ring (bicyclic) bond motifs is 1. The third kappa shape index (κ3) is 5.27. The van der Waals surface area contributed by atoms with Gasteiger partial charge >= 0.3 is 5.97 Å². The lowest BCUT2D eigenvalue weighted by Crippen LogP contribution is -2.30. The molecule has 7 nitrogen and oxygen atoms in total. The van der Waals surface area contributed by atoms with Crippen LogP contribution >= 0.6 is 11.6 Å². The summed E-state index contributed by atoms with van der Waals surface area (Å²) in [5.41, 5.74) is 2.33. The molecule has 2 aliphatic rings. The molecule has 1 saturated heterocycles. The summed E-state index contributed by atoms with van der Waals surface area (Å²) in [4.78, 5) is 52.1. The number of hydrogen-bond donors (Lipinski definition) is 1. The van der Waals surface area contributed by atoms with E-state index in [9.17, 15) is 19.2 Å². The Balaban J connectivity index is 1.20. The van der Waals surface area contributed by atoms with Gasteiger partial charge in [0.15, 0.2) is 6.61 Å². The smallest absolute Gasteiger partial charge is 0.338 e. The summed E-state index contributed by atoms with van der Waals surface area (Å²) in [6, 6.07) is 22.8. The lowest BCUT2D eigenvalue weighted by Gasteiger charge is -2.28. The van der Waals surface area contributed by atoms with Crippen molar-refractivity contribution < 1.29 is 23.9 Å². The SMILES string of the molecule is O=C(COC(=O)c1ccc(N2C(=O)[C@H]3C[C@@H](c4ccccc4)CC[C@H]3C2=O)cc1)Nc1cccc(Cl)c1. The number of carbonyl (C=O) groups excluding carboxylic acids is 4. The van der Waals surface area contributed by atoms with Crippen LogP contribution in [0, 0.1) is 11.8 Å². The molecular formula is C29H25ClN2O5. The maximum absolute atomic E-state index is 13.3. The molecule has 1 heterocycles. The molecule has 1 aliphatic heterocycles. The highest BCUT2D eigenvalue weighted by molar-refractivity contribution is 6.30. The zero-order chi connectivity index (χ0) is 25.9. The van der Waals surface area contributed by atoms with Crippen molar-refractivity contribution in [2.24, 2.45) is 11.8 Å². The monoisotopic (exact) mass is 516 g/mol. The molecule has 3 atom stereocenters. The van der Waals surface area contributed by atoms with Gasteiger partial charge < -0.3 is 10.1 Å². The first kappa shape index (κ1) is 24.7. The summed E-state index contributed by atoms with van der Waals surface area (Å²) >= 11 is 5.90. The van der Waals surface area contributed by atoms with Crippen LogP contribution in [0.1, 0.15) is 41.1 Å². The van der Waals surface area contributed by atoms with Crippen LogP contribution in [-0.2, 0) is 19.1 Å². The van der Waals surface area contributed by atoms with Gasteiger partial charge in [0.2, 0.25) is 11.8 Å². The Morgan fingerprint density at radius 3 is 2.35 bits per heavy atom. The van der Waals surface area contributed by atoms with Gasteiger partial charge in [-0.05, 0) is 73.2 Å². The fourth-order valence-corrected chi connectivity index (χ4v) is 5.38. The van der Waals surface area contributed by atoms with Crippen molar-refractivity contribution in [2.45, 2.75) is 25.2 Å². The zero-order valence-corrected chi connectivity index (χ0v) is 20.7. The Morgan fingerprint density at radius 2 is 1.62 bits per heavy atom. The van der Waals surface area contributed by atoms with Crippen LogP contribution in [0.5, 0.6) is 0 Å². The summed E-state index contributed by atoms with van der Waals surface area (Å²) in [6.45, 7) is -0.470. The molecule has 0 unspecified atom stereocenters. The summed E-state index contributed by atoms with van der Waals surface area (Å²) < 4.78 is 5.10. The standard InChI is InChI=1S/C29H25ClN2O5/c30-21-7-4-8-22(16-21)31-26(33)17-37-29(36)19-9-12-23(13-10-19)32-27(34)24-14-11-20(15-25(24)28(32)35)18-5-2-1-3-6-18/h1-10,12-13,16,20,24-25H,11,14-15,17H2,(H,31,33)/t20-,24+,25-/m0/s1. The van der Waals surface area contributed by atoms with Gasteiger partial charge in [0.05, 0.1) is 23.1 Å². The summed E-state index contributed by atoms with van der Waals surface area (Å²) in [5.74, 6) is -1.96. The maximum atomic E-state index is 13.3. The van der Waals surface area contributed by atoms with Gasteiger partial charge in [-0.25, -0.2) is 4.79 Å². The number of anilines is 2. The number of esters is 1. The molecular weight excluding hydrogens is 492 g/mol. The molecule has 1 N–H and O–H groups in total. The Labute approximate surface area is 219 Å². The van der Waals surface area contributed by atoms with Gasteiger partial charge in [0, 0.05) is 10.7 Å². The second-order valence-electron chi connectivity index (χ2n) is 9.33. The normalized spacial score (nSPS) is 20.9. The number of imide groups is 1. The molecule has 0 radical (unpaired) electrons. The minimum Gasteiger partial charge on any atom is -0.452 e. The first-order valence-corrected chi connectivity index (χ1v) is 12.5. The molecule has 3 amide bonds. The van der Waals surface area contributed by atoms with Crippen LogP contribution in [0.25, 0.3) is 0 Å². The van der Waals surface area contributed by atoms with Gasteiger partial charge in [0.25, 0.3) is 5.91 Å². The predicted molar refractivity (Wildman–Crippen MR) is 139 cm³/mol. The Kier molecular flexibility index (Phi) is 7.06. The van der Waals surface area contributed by atoms with E-state index in [1.54, 1.807) is 36.4 Å². The number of nitrogens with one attached hydrogen (secondary N) is 1. The third-order valence-electron chi connectivity index (χ3n) is 7.00. The van der Waals surface area contributed by atoms with Crippen molar-refractivity contribution in [3.05, 3.63) is 95.0 Å². The summed E-state index contributed by atoms with van der Waals surface area (Å²) in [7, 11) is 0. The van der Waals surface area contributed by atoms with Crippen LogP contribution in [-0.4, -0.2) is 30.3 Å². The topological polar surface area (TPSA) is 92.8 Å². The number of amides is 3. The highest BCUT2D eigenvalue weighted by atomic mass is 35.5. The molecule has 0 aromatic heterocycles. The van der Waals surface area contributed by atoms with E-state index in [4.69, 9.17) is 16.3 Å². The molecule has 3 aromatic carbocycles. The van der Waals surface area contributed by atoms with E-state index < -0.39 is 18.5 Å². The Bertz CT molecular complexity index is 1340. The average molecular weight is 517 g/mol. The van der Waals surface area contributed by atoms with Crippen LogP contribution < -0.4 is 10.2 Å². The molecule has 37 heavy (non-hydrogen) atoms. The fraction of sp³-hybridized carbons (Fsp3) is 0.241. The molecule has 188 valence electrons. The van der Waals surface area contributed by atoms with Crippen molar-refractivity contribution in [2.75, 3.05) is 16.8 Å². The maximum Gasteiger partial charge on any atom is 0.338 e. The average Bonchev–Trinajstić information content (AvgIpc) is 3.17. The molecule has 1 aliphatic carbocycles. The van der Waals surface area contributed by atoms with Gasteiger partial charge in [-0.2, -0.15) is 0 Å². The van der Waals surface area contributed by atoms with E-state index in [0.717, 1.165) is 6.42 Å². The highest BCUT2D eigenvalue weighted by Crippen LogP contribution is 2.45. The van der Waals surface area contributed by atoms with E-state index in [-0.39, 0.29) is 35.1 Å². The number of benzene rings is 3. The third-order valence-corrected chi connectivity index (χ3v) is 7.24. The van der Waals surface area contributed by atoms with Crippen molar-refractivity contribution in [3.8, 4) is 0 Å². The molecule has 0 spiro atoms. The molecule has 8 heteroatoms. The summed E-state index contributed by atoms with van der Waals surface area (Å²) in [6.07, 6.45) is 2.19. The van der Waals surface area contributed by atoms with Crippen molar-refractivity contribution in [1.82, 2.24) is 0 Å². The van der Waals surface area contributed by atoms with Gasteiger partial charge in [-0.15, -0.1) is 0 Å². The quantitative estimate of drug-likeness (QED) is 0.358. The first-order valence-electron chi connectivity index (χ1n) is 12.2. The second kappa shape index (κ2) is 10.6. The highest BCUT2D eigenvalue weighted by Gasteiger charge is 2.50. The molecule has 0 bridgehead atoms. The predicted octanol–water partition coefficient (Wildman–Crippen LogP) is 5.21. The lowest BCUT2D eigenvalue weighted by molar-refractivity contribution is -0.122. The number of halogens is 1. The van der Waals surface area contributed by atoms with E-state index in [0.29, 0.717) is 29.2 Å². The van der Waals surface area contributed by atoms with Crippen LogP contribution in [0.4, 0.5) is 11.4 Å². The number of rotatable bonds is 6. The molecule has 1 saturated carbocycles.